The van der Waals surface area contributed by atoms with E-state index in [1.165, 1.54) is 6.42 Å². The number of carbonyl (C=O) groups excluding carboxylic acids is 1. The van der Waals surface area contributed by atoms with Gasteiger partial charge in [-0.3, -0.25) is 0 Å². The van der Waals surface area contributed by atoms with E-state index >= 15 is 0 Å². The van der Waals surface area contributed by atoms with Gasteiger partial charge in [0.25, 0.3) is 0 Å². The Balaban J connectivity index is 2.01. The molecule has 0 heterocycles. The molecule has 1 atom stereocenters. The van der Waals surface area contributed by atoms with E-state index < -0.39 is 0 Å². The molecule has 4 heteroatoms. The third kappa shape index (κ3) is 4.22. The summed E-state index contributed by atoms with van der Waals surface area (Å²) < 4.78 is 0. The molecule has 0 saturated heterocycles. The van der Waals surface area contributed by atoms with Gasteiger partial charge in [-0.2, -0.15) is 11.8 Å². The Morgan fingerprint density at radius 3 is 2.79 bits per heavy atom. The predicted molar refractivity (Wildman–Crippen MR) is 61.7 cm³/mol. The molecule has 82 valence electrons. The molecule has 0 spiro atoms. The van der Waals surface area contributed by atoms with E-state index in [2.05, 4.69) is 23.8 Å². The van der Waals surface area contributed by atoms with Gasteiger partial charge in [0, 0.05) is 12.6 Å². The maximum Gasteiger partial charge on any atom is 0.315 e. The van der Waals surface area contributed by atoms with Gasteiger partial charge in [-0.15, -0.1) is 0 Å². The second-order valence-electron chi connectivity index (χ2n) is 4.04. The van der Waals surface area contributed by atoms with E-state index in [4.69, 9.17) is 0 Å². The monoisotopic (exact) mass is 216 g/mol. The lowest BCUT2D eigenvalue weighted by molar-refractivity contribution is 0.227. The summed E-state index contributed by atoms with van der Waals surface area (Å²) in [6.07, 6.45) is 5.64. The highest BCUT2D eigenvalue weighted by atomic mass is 32.2. The molecule has 1 fully saturated rings. The van der Waals surface area contributed by atoms with Gasteiger partial charge in [-0.05, 0) is 37.2 Å². The fraction of sp³-hybridized carbons (Fsp3) is 0.900. The number of hydrogen-bond donors (Lipinski definition) is 2. The Kier molecular flexibility index (Phi) is 5.15. The van der Waals surface area contributed by atoms with Gasteiger partial charge in [-0.1, -0.05) is 6.92 Å². The molecular weight excluding hydrogens is 196 g/mol. The molecule has 2 amide bonds. The average Bonchev–Trinajstić information content (AvgIpc) is 2.09. The van der Waals surface area contributed by atoms with Crippen LogP contribution in [0.15, 0.2) is 0 Å². The lowest BCUT2D eigenvalue weighted by Crippen LogP contribution is -2.46. The van der Waals surface area contributed by atoms with E-state index in [1.54, 1.807) is 0 Å². The van der Waals surface area contributed by atoms with Crippen LogP contribution < -0.4 is 10.6 Å². The summed E-state index contributed by atoms with van der Waals surface area (Å²) >= 11 is 1.82. The van der Waals surface area contributed by atoms with E-state index in [0.717, 1.165) is 25.1 Å². The Morgan fingerprint density at radius 1 is 1.57 bits per heavy atom. The molecule has 0 aromatic carbocycles. The minimum absolute atomic E-state index is 0.00246. The van der Waals surface area contributed by atoms with Gasteiger partial charge in [0.2, 0.25) is 0 Å². The third-order valence-corrected chi connectivity index (χ3v) is 3.41. The molecule has 1 rings (SSSR count). The van der Waals surface area contributed by atoms with E-state index in [-0.39, 0.29) is 6.03 Å². The second-order valence-corrected chi connectivity index (χ2v) is 4.95. The third-order valence-electron chi connectivity index (χ3n) is 2.50. The molecule has 1 aliphatic rings. The van der Waals surface area contributed by atoms with Crippen LogP contribution in [0.2, 0.25) is 0 Å². The normalized spacial score (nSPS) is 18.4. The van der Waals surface area contributed by atoms with Gasteiger partial charge in [-0.25, -0.2) is 4.79 Å². The lowest BCUT2D eigenvalue weighted by Gasteiger charge is -2.26. The zero-order chi connectivity index (χ0) is 10.4. The highest BCUT2D eigenvalue weighted by molar-refractivity contribution is 7.98. The van der Waals surface area contributed by atoms with Crippen molar-refractivity contribution in [3.8, 4) is 0 Å². The maximum absolute atomic E-state index is 11.3. The number of hydrogen-bond acceptors (Lipinski definition) is 2. The average molecular weight is 216 g/mol. The molecule has 3 nitrogen and oxygen atoms in total. The minimum atomic E-state index is 0.00246. The molecule has 1 aliphatic carbocycles. The Hall–Kier alpha value is -0.380. The zero-order valence-corrected chi connectivity index (χ0v) is 9.82. The summed E-state index contributed by atoms with van der Waals surface area (Å²) in [5, 5.41) is 5.86. The van der Waals surface area contributed by atoms with Gasteiger partial charge in [0.1, 0.15) is 0 Å². The van der Waals surface area contributed by atoms with E-state index in [1.807, 2.05) is 11.8 Å². The van der Waals surface area contributed by atoms with Crippen molar-refractivity contribution in [2.75, 3.05) is 18.6 Å². The Labute approximate surface area is 90.4 Å². The van der Waals surface area contributed by atoms with Crippen LogP contribution >= 0.6 is 11.8 Å². The van der Waals surface area contributed by atoms with Crippen molar-refractivity contribution in [1.29, 1.82) is 0 Å². The maximum atomic E-state index is 11.3. The molecule has 0 aromatic heterocycles. The quantitative estimate of drug-likeness (QED) is 0.736. The molecule has 0 bridgehead atoms. The summed E-state index contributed by atoms with van der Waals surface area (Å²) in [7, 11) is 0. The van der Waals surface area contributed by atoms with Crippen molar-refractivity contribution in [2.24, 2.45) is 5.92 Å². The number of carbonyl (C=O) groups is 1. The molecule has 0 radical (unpaired) electrons. The fourth-order valence-corrected chi connectivity index (χ4v) is 2.09. The van der Waals surface area contributed by atoms with Crippen LogP contribution in [0.25, 0.3) is 0 Å². The first-order valence-electron chi connectivity index (χ1n) is 5.25. The van der Waals surface area contributed by atoms with Crippen molar-refractivity contribution in [3.05, 3.63) is 0 Å². The highest BCUT2D eigenvalue weighted by Gasteiger charge is 2.19. The Morgan fingerprint density at radius 2 is 2.29 bits per heavy atom. The first kappa shape index (κ1) is 11.7. The summed E-state index contributed by atoms with van der Waals surface area (Å²) in [5.74, 6) is 1.65. The van der Waals surface area contributed by atoms with Crippen molar-refractivity contribution in [2.45, 2.75) is 32.2 Å². The molecule has 1 saturated carbocycles. The molecular formula is C10H20N2OS. The standard InChI is InChI=1S/C10H20N2OS/c1-8(7-14-2)6-11-10(13)12-9-4-3-5-9/h8-9H,3-7H2,1-2H3,(H2,11,12,13). The van der Waals surface area contributed by atoms with Crippen LogP contribution in [-0.4, -0.2) is 30.6 Å². The van der Waals surface area contributed by atoms with Crippen molar-refractivity contribution in [3.63, 3.8) is 0 Å². The van der Waals surface area contributed by atoms with Crippen LogP contribution in [0.3, 0.4) is 0 Å². The smallest absolute Gasteiger partial charge is 0.315 e. The SMILES string of the molecule is CSCC(C)CNC(=O)NC1CCC1. The zero-order valence-electron chi connectivity index (χ0n) is 9.01. The van der Waals surface area contributed by atoms with Crippen LogP contribution in [0.1, 0.15) is 26.2 Å². The van der Waals surface area contributed by atoms with Gasteiger partial charge in [0.15, 0.2) is 0 Å². The molecule has 1 unspecified atom stereocenters. The van der Waals surface area contributed by atoms with Gasteiger partial charge >= 0.3 is 6.03 Å². The summed E-state index contributed by atoms with van der Waals surface area (Å²) in [6.45, 7) is 2.93. The second kappa shape index (κ2) is 6.17. The number of thioether (sulfide) groups is 1. The number of rotatable bonds is 5. The van der Waals surface area contributed by atoms with Crippen LogP contribution in [0.4, 0.5) is 4.79 Å². The van der Waals surface area contributed by atoms with Crippen molar-refractivity contribution in [1.82, 2.24) is 10.6 Å². The lowest BCUT2D eigenvalue weighted by atomic mass is 9.93. The molecule has 14 heavy (non-hydrogen) atoms. The highest BCUT2D eigenvalue weighted by Crippen LogP contribution is 2.17. The first-order chi connectivity index (χ1) is 6.72. The van der Waals surface area contributed by atoms with Crippen LogP contribution in [0.5, 0.6) is 0 Å². The van der Waals surface area contributed by atoms with E-state index in [0.29, 0.717) is 12.0 Å². The summed E-state index contributed by atoms with van der Waals surface area (Å²) in [6, 6.07) is 0.438. The fourth-order valence-electron chi connectivity index (χ4n) is 1.40. The summed E-state index contributed by atoms with van der Waals surface area (Å²) in [5.41, 5.74) is 0. The van der Waals surface area contributed by atoms with Gasteiger partial charge in [0.05, 0.1) is 0 Å². The minimum Gasteiger partial charge on any atom is -0.338 e. The predicted octanol–water partition coefficient (Wildman–Crippen LogP) is 1.84. The topological polar surface area (TPSA) is 41.1 Å². The van der Waals surface area contributed by atoms with Crippen LogP contribution in [-0.2, 0) is 0 Å². The molecule has 2 N–H and O–H groups in total. The van der Waals surface area contributed by atoms with Gasteiger partial charge < -0.3 is 10.6 Å². The van der Waals surface area contributed by atoms with Crippen LogP contribution in [0, 0.1) is 5.92 Å². The summed E-state index contributed by atoms with van der Waals surface area (Å²) in [4.78, 5) is 11.3. The number of urea groups is 1. The molecule has 0 aromatic rings. The Bertz CT molecular complexity index is 183. The number of nitrogens with one attached hydrogen (secondary N) is 2. The van der Waals surface area contributed by atoms with Crippen molar-refractivity contribution < 1.29 is 4.79 Å². The first-order valence-corrected chi connectivity index (χ1v) is 6.65. The van der Waals surface area contributed by atoms with Crippen molar-refractivity contribution >= 4 is 17.8 Å². The molecule has 0 aliphatic heterocycles. The largest absolute Gasteiger partial charge is 0.338 e. The van der Waals surface area contributed by atoms with E-state index in [9.17, 15) is 4.79 Å². The number of amides is 2.